The SMILES string of the molecule is CNCC(=O)N1CCc2nc(Nc3ncc(F)c(-c4cc(F)c5nc(C)n([C@H]6CC[C@H](C)CC6)c5c4)n3)ccc2C1. The van der Waals surface area contributed by atoms with Gasteiger partial charge in [0.2, 0.25) is 11.9 Å². The Kier molecular flexibility index (Phi) is 7.37. The van der Waals surface area contributed by atoms with Crippen LogP contribution in [0.2, 0.25) is 0 Å². The second-order valence-electron chi connectivity index (χ2n) is 11.2. The Morgan fingerprint density at radius 2 is 1.88 bits per heavy atom. The fraction of sp³-hybridized carbons (Fsp3) is 0.433. The number of halogens is 2. The number of pyridine rings is 1. The van der Waals surface area contributed by atoms with Crippen molar-refractivity contribution in [3.8, 4) is 11.3 Å². The van der Waals surface area contributed by atoms with Gasteiger partial charge in [0.1, 0.15) is 22.9 Å². The van der Waals surface area contributed by atoms with Crippen LogP contribution in [-0.2, 0) is 17.8 Å². The molecule has 0 bridgehead atoms. The molecule has 41 heavy (non-hydrogen) atoms. The predicted octanol–water partition coefficient (Wildman–Crippen LogP) is 5.07. The highest BCUT2D eigenvalue weighted by atomic mass is 19.1. The number of imidazole rings is 1. The third-order valence-corrected chi connectivity index (χ3v) is 8.26. The number of likely N-dealkylation sites (N-methyl/N-ethyl adjacent to an activating group) is 1. The maximum absolute atomic E-state index is 15.3. The van der Waals surface area contributed by atoms with Crippen LogP contribution in [0.15, 0.2) is 30.5 Å². The van der Waals surface area contributed by atoms with E-state index in [-0.39, 0.29) is 23.6 Å². The Balaban J connectivity index is 1.28. The lowest BCUT2D eigenvalue weighted by atomic mass is 9.87. The molecule has 0 atom stereocenters. The molecule has 4 aromatic rings. The van der Waals surface area contributed by atoms with Gasteiger partial charge in [-0.25, -0.2) is 28.7 Å². The van der Waals surface area contributed by atoms with Gasteiger partial charge in [0.05, 0.1) is 18.3 Å². The summed E-state index contributed by atoms with van der Waals surface area (Å²) in [6.45, 7) is 5.55. The molecular formula is C30H34F2N8O. The molecule has 2 N–H and O–H groups in total. The number of amides is 1. The van der Waals surface area contributed by atoms with Crippen molar-refractivity contribution in [3.05, 3.63) is 59.2 Å². The molecule has 1 aromatic carbocycles. The highest BCUT2D eigenvalue weighted by molar-refractivity contribution is 5.83. The van der Waals surface area contributed by atoms with Crippen LogP contribution in [0.25, 0.3) is 22.3 Å². The van der Waals surface area contributed by atoms with E-state index in [1.807, 2.05) is 13.0 Å². The topological polar surface area (TPSA) is 101 Å². The minimum atomic E-state index is -0.645. The number of carbonyl (C=O) groups excluding carboxylic acids is 1. The number of anilines is 2. The Morgan fingerprint density at radius 1 is 1.07 bits per heavy atom. The number of nitrogens with one attached hydrogen (secondary N) is 2. The summed E-state index contributed by atoms with van der Waals surface area (Å²) in [6.07, 6.45) is 5.96. The zero-order valence-corrected chi connectivity index (χ0v) is 23.5. The molecule has 0 radical (unpaired) electrons. The van der Waals surface area contributed by atoms with Crippen LogP contribution in [0, 0.1) is 24.5 Å². The third-order valence-electron chi connectivity index (χ3n) is 8.26. The van der Waals surface area contributed by atoms with Gasteiger partial charge in [-0.15, -0.1) is 0 Å². The first kappa shape index (κ1) is 27.2. The van der Waals surface area contributed by atoms with Crippen LogP contribution in [0.1, 0.15) is 55.7 Å². The molecule has 1 fully saturated rings. The molecule has 214 valence electrons. The van der Waals surface area contributed by atoms with Gasteiger partial charge < -0.3 is 20.1 Å². The first-order chi connectivity index (χ1) is 19.8. The summed E-state index contributed by atoms with van der Waals surface area (Å²) in [5, 5.41) is 5.96. The van der Waals surface area contributed by atoms with Crippen LogP contribution >= 0.6 is 0 Å². The number of fused-ring (bicyclic) bond motifs is 2. The van der Waals surface area contributed by atoms with Crippen molar-refractivity contribution in [1.82, 2.24) is 34.7 Å². The van der Waals surface area contributed by atoms with Gasteiger partial charge in [-0.05, 0) is 69.3 Å². The molecule has 3 aromatic heterocycles. The number of benzene rings is 1. The van der Waals surface area contributed by atoms with E-state index in [9.17, 15) is 4.79 Å². The van der Waals surface area contributed by atoms with Crippen molar-refractivity contribution in [3.63, 3.8) is 0 Å². The highest BCUT2D eigenvalue weighted by Crippen LogP contribution is 2.37. The van der Waals surface area contributed by atoms with Gasteiger partial charge in [0.15, 0.2) is 11.6 Å². The van der Waals surface area contributed by atoms with E-state index in [4.69, 9.17) is 0 Å². The second-order valence-corrected chi connectivity index (χ2v) is 11.2. The molecule has 6 rings (SSSR count). The lowest BCUT2D eigenvalue weighted by Crippen LogP contribution is -2.40. The maximum Gasteiger partial charge on any atom is 0.236 e. The smallest absolute Gasteiger partial charge is 0.236 e. The van der Waals surface area contributed by atoms with Crippen molar-refractivity contribution in [1.29, 1.82) is 0 Å². The standard InChI is InChI=1S/C30H34F2N8O/c1-17-4-7-21(8-5-17)40-18(2)35-29-22(31)12-20(13-25(29)40)28-23(32)14-34-30(38-28)37-26-9-6-19-16-39(27(41)15-33-3)11-10-24(19)36-26/h6,9,12-14,17,21,33H,4-5,7-8,10-11,15-16H2,1-3H3,(H,34,36,37,38)/t17-,21-. The highest BCUT2D eigenvalue weighted by Gasteiger charge is 2.25. The van der Waals surface area contributed by atoms with Crippen LogP contribution in [0.3, 0.4) is 0 Å². The fourth-order valence-electron chi connectivity index (χ4n) is 6.07. The predicted molar refractivity (Wildman–Crippen MR) is 153 cm³/mol. The molecule has 1 aliphatic heterocycles. The van der Waals surface area contributed by atoms with Crippen LogP contribution in [0.5, 0.6) is 0 Å². The van der Waals surface area contributed by atoms with Crippen molar-refractivity contribution in [2.75, 3.05) is 25.5 Å². The largest absolute Gasteiger partial charge is 0.337 e. The zero-order valence-electron chi connectivity index (χ0n) is 23.5. The average Bonchev–Trinajstić information content (AvgIpc) is 3.30. The Bertz CT molecular complexity index is 1610. The van der Waals surface area contributed by atoms with Gasteiger partial charge >= 0.3 is 0 Å². The Labute approximate surface area is 237 Å². The summed E-state index contributed by atoms with van der Waals surface area (Å²) in [7, 11) is 1.75. The number of nitrogens with zero attached hydrogens (tertiary/aromatic N) is 6. The lowest BCUT2D eigenvalue weighted by molar-refractivity contribution is -0.131. The Morgan fingerprint density at radius 3 is 2.66 bits per heavy atom. The van der Waals surface area contributed by atoms with Gasteiger partial charge in [0.25, 0.3) is 0 Å². The molecule has 2 aliphatic rings. The van der Waals surface area contributed by atoms with Gasteiger partial charge in [-0.1, -0.05) is 13.0 Å². The number of aromatic nitrogens is 5. The third kappa shape index (κ3) is 5.38. The average molecular weight is 561 g/mol. The summed E-state index contributed by atoms with van der Waals surface area (Å²) < 4.78 is 32.5. The first-order valence-electron chi connectivity index (χ1n) is 14.2. The minimum Gasteiger partial charge on any atom is -0.337 e. The molecule has 0 unspecified atom stereocenters. The van der Waals surface area contributed by atoms with E-state index < -0.39 is 11.6 Å². The van der Waals surface area contributed by atoms with Gasteiger partial charge in [-0.2, -0.15) is 0 Å². The lowest BCUT2D eigenvalue weighted by Gasteiger charge is -2.28. The van der Waals surface area contributed by atoms with Gasteiger partial charge in [-0.3, -0.25) is 4.79 Å². The summed E-state index contributed by atoms with van der Waals surface area (Å²) in [5.41, 5.74) is 3.15. The quantitative estimate of drug-likeness (QED) is 0.339. The molecule has 4 heterocycles. The van der Waals surface area contributed by atoms with Crippen LogP contribution in [-0.4, -0.2) is 55.4 Å². The van der Waals surface area contributed by atoms with Crippen molar-refractivity contribution in [2.24, 2.45) is 5.92 Å². The molecule has 11 heteroatoms. The van der Waals surface area contributed by atoms with Gasteiger partial charge in [0, 0.05) is 36.8 Å². The Hall–Kier alpha value is -3.99. The normalized spacial score (nSPS) is 18.9. The van der Waals surface area contributed by atoms with Crippen LogP contribution in [0.4, 0.5) is 20.5 Å². The maximum atomic E-state index is 15.3. The summed E-state index contributed by atoms with van der Waals surface area (Å²) >= 11 is 0. The fourth-order valence-corrected chi connectivity index (χ4v) is 6.07. The molecule has 1 aliphatic carbocycles. The number of hydrogen-bond donors (Lipinski definition) is 2. The molecule has 0 spiro atoms. The zero-order chi connectivity index (χ0) is 28.7. The number of aryl methyl sites for hydroxylation is 1. The second kappa shape index (κ2) is 11.1. The molecule has 0 saturated heterocycles. The molecule has 1 saturated carbocycles. The van der Waals surface area contributed by atoms with Crippen molar-refractivity contribution < 1.29 is 13.6 Å². The van der Waals surface area contributed by atoms with E-state index in [2.05, 4.69) is 42.1 Å². The van der Waals surface area contributed by atoms with E-state index in [0.29, 0.717) is 54.4 Å². The number of hydrogen-bond acceptors (Lipinski definition) is 7. The minimum absolute atomic E-state index is 0.00242. The molecular weight excluding hydrogens is 526 g/mol. The van der Waals surface area contributed by atoms with E-state index in [1.165, 1.54) is 6.07 Å². The van der Waals surface area contributed by atoms with Crippen molar-refractivity contribution >= 4 is 28.7 Å². The molecule has 9 nitrogen and oxygen atoms in total. The summed E-state index contributed by atoms with van der Waals surface area (Å²) in [5.74, 6) is 1.01. The number of rotatable bonds is 6. The monoisotopic (exact) mass is 560 g/mol. The van der Waals surface area contributed by atoms with Crippen LogP contribution < -0.4 is 10.6 Å². The van der Waals surface area contributed by atoms with E-state index in [0.717, 1.165) is 49.0 Å². The summed E-state index contributed by atoms with van der Waals surface area (Å²) in [6, 6.07) is 7.02. The molecule has 1 amide bonds. The summed E-state index contributed by atoms with van der Waals surface area (Å²) in [4.78, 5) is 31.8. The van der Waals surface area contributed by atoms with E-state index >= 15 is 8.78 Å². The first-order valence-corrected chi connectivity index (χ1v) is 14.2. The van der Waals surface area contributed by atoms with Crippen molar-refractivity contribution in [2.45, 2.75) is 58.5 Å². The number of carbonyl (C=O) groups is 1. The van der Waals surface area contributed by atoms with E-state index in [1.54, 1.807) is 24.1 Å².